The number of hydrogen-bond donors (Lipinski definition) is 0. The molecule has 3 aromatic rings. The first-order valence-electron chi connectivity index (χ1n) is 6.42. The van der Waals surface area contributed by atoms with Crippen molar-refractivity contribution in [3.63, 3.8) is 0 Å². The highest BCUT2D eigenvalue weighted by Crippen LogP contribution is 2.23. The molecular formula is C15H13N3O2S. The van der Waals surface area contributed by atoms with Crippen molar-refractivity contribution in [2.75, 3.05) is 4.90 Å². The Morgan fingerprint density at radius 1 is 1.29 bits per heavy atom. The number of para-hydroxylation sites is 1. The first-order valence-corrected chi connectivity index (χ1v) is 7.26. The van der Waals surface area contributed by atoms with Gasteiger partial charge in [-0.25, -0.2) is 0 Å². The number of nitrogens with zero attached hydrogens (tertiary/aromatic N) is 3. The van der Waals surface area contributed by atoms with E-state index in [1.807, 2.05) is 37.3 Å². The highest BCUT2D eigenvalue weighted by molar-refractivity contribution is 7.03. The van der Waals surface area contributed by atoms with Gasteiger partial charge in [0, 0.05) is 11.1 Å². The summed E-state index contributed by atoms with van der Waals surface area (Å²) in [7, 11) is 0. The molecule has 1 aromatic carbocycles. The lowest BCUT2D eigenvalue weighted by molar-refractivity contribution is 0.0978. The second-order valence-corrected chi connectivity index (χ2v) is 5.16. The second kappa shape index (κ2) is 5.88. The molecule has 6 heteroatoms. The third-order valence-electron chi connectivity index (χ3n) is 3.12. The number of carbonyl (C=O) groups excluding carboxylic acids is 1. The zero-order chi connectivity index (χ0) is 14.7. The van der Waals surface area contributed by atoms with Crippen molar-refractivity contribution in [1.82, 2.24) is 9.59 Å². The van der Waals surface area contributed by atoms with Crippen LogP contribution in [0.3, 0.4) is 0 Å². The topological polar surface area (TPSA) is 59.2 Å². The normalized spacial score (nSPS) is 10.5. The number of carbonyl (C=O) groups is 1. The van der Waals surface area contributed by atoms with Crippen molar-refractivity contribution in [2.45, 2.75) is 13.5 Å². The van der Waals surface area contributed by atoms with E-state index in [1.54, 1.807) is 22.6 Å². The Morgan fingerprint density at radius 2 is 2.14 bits per heavy atom. The fraction of sp³-hybridized carbons (Fsp3) is 0.133. The van der Waals surface area contributed by atoms with E-state index in [2.05, 4.69) is 9.59 Å². The average Bonchev–Trinajstić information content (AvgIpc) is 3.18. The molecule has 0 N–H and O–H groups in total. The van der Waals surface area contributed by atoms with Gasteiger partial charge in [-0.15, -0.1) is 5.10 Å². The molecular weight excluding hydrogens is 286 g/mol. The van der Waals surface area contributed by atoms with Crippen LogP contribution >= 0.6 is 11.5 Å². The third-order valence-corrected chi connectivity index (χ3v) is 3.63. The number of anilines is 1. The van der Waals surface area contributed by atoms with Crippen molar-refractivity contribution in [3.05, 3.63) is 65.1 Å². The van der Waals surface area contributed by atoms with Crippen molar-refractivity contribution in [3.8, 4) is 0 Å². The van der Waals surface area contributed by atoms with Crippen LogP contribution in [0.2, 0.25) is 0 Å². The summed E-state index contributed by atoms with van der Waals surface area (Å²) in [5, 5.41) is 5.52. The predicted octanol–water partition coefficient (Wildman–Crippen LogP) is 3.29. The molecule has 0 atom stereocenters. The number of hydrogen-bond acceptors (Lipinski definition) is 5. The quantitative estimate of drug-likeness (QED) is 0.741. The number of aryl methyl sites for hydroxylation is 1. The zero-order valence-electron chi connectivity index (χ0n) is 11.4. The molecule has 106 valence electrons. The molecule has 21 heavy (non-hydrogen) atoms. The fourth-order valence-electron chi connectivity index (χ4n) is 2.09. The lowest BCUT2D eigenvalue weighted by Gasteiger charge is -2.22. The predicted molar refractivity (Wildman–Crippen MR) is 80.3 cm³/mol. The van der Waals surface area contributed by atoms with Gasteiger partial charge in [-0.1, -0.05) is 22.7 Å². The summed E-state index contributed by atoms with van der Waals surface area (Å²) < 4.78 is 9.13. The summed E-state index contributed by atoms with van der Waals surface area (Å²) in [5.74, 6) is 0.532. The van der Waals surface area contributed by atoms with E-state index in [1.165, 1.54) is 0 Å². The molecule has 2 aromatic heterocycles. The summed E-state index contributed by atoms with van der Waals surface area (Å²) in [4.78, 5) is 14.3. The van der Waals surface area contributed by atoms with Gasteiger partial charge in [-0.2, -0.15) is 0 Å². The van der Waals surface area contributed by atoms with Gasteiger partial charge in [0.05, 0.1) is 12.8 Å². The minimum Gasteiger partial charge on any atom is -0.467 e. The van der Waals surface area contributed by atoms with E-state index in [4.69, 9.17) is 4.42 Å². The lowest BCUT2D eigenvalue weighted by Crippen LogP contribution is -2.31. The number of rotatable bonds is 4. The fourth-order valence-corrected chi connectivity index (χ4v) is 2.52. The SMILES string of the molecule is Cc1ccccc1N(Cc1ccco1)C(=O)c1csnn1. The van der Waals surface area contributed by atoms with Gasteiger partial charge in [0.2, 0.25) is 0 Å². The van der Waals surface area contributed by atoms with Crippen LogP contribution < -0.4 is 4.90 Å². The van der Waals surface area contributed by atoms with Gasteiger partial charge in [0.25, 0.3) is 5.91 Å². The van der Waals surface area contributed by atoms with Gasteiger partial charge < -0.3 is 4.42 Å². The molecule has 5 nitrogen and oxygen atoms in total. The molecule has 0 aliphatic carbocycles. The Hall–Kier alpha value is -2.47. The highest BCUT2D eigenvalue weighted by Gasteiger charge is 2.22. The van der Waals surface area contributed by atoms with Gasteiger partial charge in [0.1, 0.15) is 5.76 Å². The summed E-state index contributed by atoms with van der Waals surface area (Å²) >= 11 is 1.16. The minimum atomic E-state index is -0.186. The third kappa shape index (κ3) is 2.85. The molecule has 0 aliphatic heterocycles. The van der Waals surface area contributed by atoms with E-state index >= 15 is 0 Å². The Balaban J connectivity index is 1.98. The molecule has 0 saturated heterocycles. The first kappa shape index (κ1) is 13.5. The first-order chi connectivity index (χ1) is 10.3. The summed E-state index contributed by atoms with van der Waals surface area (Å²) in [6.45, 7) is 2.32. The van der Waals surface area contributed by atoms with Crippen LogP contribution in [0.1, 0.15) is 21.8 Å². The van der Waals surface area contributed by atoms with E-state index in [0.717, 1.165) is 28.5 Å². The molecule has 0 aliphatic rings. The molecule has 0 fully saturated rings. The van der Waals surface area contributed by atoms with Crippen LogP contribution in [0, 0.1) is 6.92 Å². The molecule has 0 spiro atoms. The molecule has 2 heterocycles. The number of furan rings is 1. The Kier molecular flexibility index (Phi) is 3.79. The highest BCUT2D eigenvalue weighted by atomic mass is 32.1. The van der Waals surface area contributed by atoms with Gasteiger partial charge in [0.15, 0.2) is 5.69 Å². The van der Waals surface area contributed by atoms with Crippen LogP contribution in [-0.4, -0.2) is 15.5 Å². The van der Waals surface area contributed by atoms with E-state index in [-0.39, 0.29) is 5.91 Å². The lowest BCUT2D eigenvalue weighted by atomic mass is 10.1. The van der Waals surface area contributed by atoms with Crippen LogP contribution in [-0.2, 0) is 6.54 Å². The number of amides is 1. The van der Waals surface area contributed by atoms with Crippen molar-refractivity contribution in [1.29, 1.82) is 0 Å². The summed E-state index contributed by atoms with van der Waals surface area (Å²) in [6, 6.07) is 11.4. The maximum atomic E-state index is 12.7. The van der Waals surface area contributed by atoms with Crippen LogP contribution in [0.5, 0.6) is 0 Å². The van der Waals surface area contributed by atoms with Crippen molar-refractivity contribution < 1.29 is 9.21 Å². The van der Waals surface area contributed by atoms with Crippen LogP contribution in [0.4, 0.5) is 5.69 Å². The molecule has 0 radical (unpaired) electrons. The maximum Gasteiger partial charge on any atom is 0.280 e. The summed E-state index contributed by atoms with van der Waals surface area (Å²) in [5.41, 5.74) is 2.20. The van der Waals surface area contributed by atoms with E-state index in [0.29, 0.717) is 12.2 Å². The van der Waals surface area contributed by atoms with Crippen molar-refractivity contribution >= 4 is 23.1 Å². The molecule has 3 rings (SSSR count). The monoisotopic (exact) mass is 299 g/mol. The smallest absolute Gasteiger partial charge is 0.280 e. The van der Waals surface area contributed by atoms with Crippen LogP contribution in [0.25, 0.3) is 0 Å². The Morgan fingerprint density at radius 3 is 2.81 bits per heavy atom. The Bertz CT molecular complexity index is 723. The van der Waals surface area contributed by atoms with E-state index in [9.17, 15) is 4.79 Å². The van der Waals surface area contributed by atoms with Gasteiger partial charge in [-0.3, -0.25) is 9.69 Å². The molecule has 1 amide bonds. The van der Waals surface area contributed by atoms with Crippen molar-refractivity contribution in [2.24, 2.45) is 0 Å². The minimum absolute atomic E-state index is 0.186. The number of benzene rings is 1. The number of aromatic nitrogens is 2. The second-order valence-electron chi connectivity index (χ2n) is 4.55. The Labute approximate surface area is 126 Å². The van der Waals surface area contributed by atoms with Gasteiger partial charge in [-0.05, 0) is 42.2 Å². The zero-order valence-corrected chi connectivity index (χ0v) is 12.2. The van der Waals surface area contributed by atoms with E-state index < -0.39 is 0 Å². The summed E-state index contributed by atoms with van der Waals surface area (Å²) in [6.07, 6.45) is 1.60. The molecule has 0 saturated carbocycles. The molecule has 0 bridgehead atoms. The van der Waals surface area contributed by atoms with Crippen LogP contribution in [0.15, 0.2) is 52.5 Å². The standard InChI is InChI=1S/C15H13N3O2S/c1-11-5-2-3-7-14(11)18(9-12-6-4-8-20-12)15(19)13-10-21-17-16-13/h2-8,10H,9H2,1H3. The maximum absolute atomic E-state index is 12.7. The molecule has 0 unspecified atom stereocenters. The largest absolute Gasteiger partial charge is 0.467 e. The van der Waals surface area contributed by atoms with Gasteiger partial charge >= 0.3 is 0 Å². The average molecular weight is 299 g/mol.